The number of hydrogen-bond acceptors (Lipinski definition) is 4. The summed E-state index contributed by atoms with van der Waals surface area (Å²) in [6.07, 6.45) is -0.239. The molecule has 3 N–H and O–H groups in total. The van der Waals surface area contributed by atoms with Gasteiger partial charge in [0.2, 0.25) is 0 Å². The van der Waals surface area contributed by atoms with Crippen LogP contribution in [-0.2, 0) is 24.4 Å². The molecule has 31 heavy (non-hydrogen) atoms. The second kappa shape index (κ2) is 7.72. The maximum atomic E-state index is 13.7. The first kappa shape index (κ1) is 20.9. The minimum atomic E-state index is -4.50. The van der Waals surface area contributed by atoms with E-state index in [0.717, 1.165) is 6.07 Å². The van der Waals surface area contributed by atoms with Crippen molar-refractivity contribution in [2.24, 2.45) is 18.9 Å². The number of benzene rings is 1. The monoisotopic (exact) mass is 430 g/mol. The number of aromatic nitrogens is 3. The first-order chi connectivity index (χ1) is 14.6. The zero-order chi connectivity index (χ0) is 22.3. The largest absolute Gasteiger partial charge is 0.481 e. The van der Waals surface area contributed by atoms with Gasteiger partial charge in [-0.2, -0.15) is 18.3 Å². The Morgan fingerprint density at radius 2 is 1.97 bits per heavy atom. The molecular weight excluding hydrogens is 409 g/mol. The van der Waals surface area contributed by atoms with E-state index in [0.29, 0.717) is 41.0 Å². The molecule has 2 heterocycles. The quantitative estimate of drug-likeness (QED) is 0.604. The lowest BCUT2D eigenvalue weighted by Gasteiger charge is -2.15. The third kappa shape index (κ3) is 4.26. The van der Waals surface area contributed by atoms with Gasteiger partial charge >= 0.3 is 12.1 Å². The third-order valence-electron chi connectivity index (χ3n) is 5.80. The van der Waals surface area contributed by atoms with Crippen molar-refractivity contribution in [1.29, 1.82) is 0 Å². The molecule has 1 aromatic carbocycles. The van der Waals surface area contributed by atoms with Gasteiger partial charge in [-0.25, -0.2) is 0 Å². The van der Waals surface area contributed by atoms with E-state index in [1.807, 2.05) is 0 Å². The molecule has 2 unspecified atom stereocenters. The Bertz CT molecular complexity index is 1120. The number of aryl methyl sites for hydroxylation is 2. The van der Waals surface area contributed by atoms with Crippen molar-refractivity contribution in [2.75, 3.05) is 5.73 Å². The van der Waals surface area contributed by atoms with Gasteiger partial charge in [-0.1, -0.05) is 18.2 Å². The van der Waals surface area contributed by atoms with Gasteiger partial charge in [0.15, 0.2) is 0 Å². The summed E-state index contributed by atoms with van der Waals surface area (Å²) in [5.74, 6) is -0.896. The number of hydrogen-bond donors (Lipinski definition) is 2. The molecule has 0 amide bonds. The number of nitrogens with zero attached hydrogens (tertiary/aromatic N) is 3. The molecule has 1 aliphatic carbocycles. The van der Waals surface area contributed by atoms with Crippen molar-refractivity contribution >= 4 is 11.8 Å². The van der Waals surface area contributed by atoms with Crippen LogP contribution in [0.15, 0.2) is 42.7 Å². The topological polar surface area (TPSA) is 94.0 Å². The maximum absolute atomic E-state index is 13.7. The van der Waals surface area contributed by atoms with Crippen LogP contribution in [0.5, 0.6) is 0 Å². The molecule has 3 aromatic rings. The highest BCUT2D eigenvalue weighted by molar-refractivity contribution is 5.74. The first-order valence-corrected chi connectivity index (χ1v) is 9.82. The van der Waals surface area contributed by atoms with Gasteiger partial charge in [0.05, 0.1) is 28.9 Å². The summed E-state index contributed by atoms with van der Waals surface area (Å²) in [4.78, 5) is 15.3. The number of aliphatic carboxylic acids is 1. The summed E-state index contributed by atoms with van der Waals surface area (Å²) < 4.78 is 42.6. The summed E-state index contributed by atoms with van der Waals surface area (Å²) in [6, 6.07) is 7.64. The lowest BCUT2D eigenvalue weighted by Crippen LogP contribution is -2.10. The van der Waals surface area contributed by atoms with Crippen LogP contribution in [0.2, 0.25) is 0 Å². The first-order valence-electron chi connectivity index (χ1n) is 9.82. The average molecular weight is 430 g/mol. The van der Waals surface area contributed by atoms with Gasteiger partial charge in [0.25, 0.3) is 0 Å². The molecule has 0 radical (unpaired) electrons. The van der Waals surface area contributed by atoms with Crippen LogP contribution < -0.4 is 5.73 Å². The van der Waals surface area contributed by atoms with Gasteiger partial charge < -0.3 is 10.8 Å². The van der Waals surface area contributed by atoms with Gasteiger partial charge in [0.1, 0.15) is 5.82 Å². The minimum Gasteiger partial charge on any atom is -0.481 e. The third-order valence-corrected chi connectivity index (χ3v) is 5.80. The molecule has 9 heteroatoms. The Balaban J connectivity index is 1.57. The van der Waals surface area contributed by atoms with Crippen molar-refractivity contribution in [3.63, 3.8) is 0 Å². The number of rotatable bonds is 6. The number of pyridine rings is 1. The smallest absolute Gasteiger partial charge is 0.416 e. The summed E-state index contributed by atoms with van der Waals surface area (Å²) in [5.41, 5.74) is 7.63. The SMILES string of the molecule is Cn1ncc(-c2ccc(-c3ccc(CCC4CC4C(=O)O)c(C(F)(F)F)c3)cn2)c1N. The summed E-state index contributed by atoms with van der Waals surface area (Å²) in [6.45, 7) is 0. The van der Waals surface area contributed by atoms with Crippen molar-refractivity contribution in [3.8, 4) is 22.4 Å². The fraction of sp³-hybridized carbons (Fsp3) is 0.318. The normalized spacial score (nSPS) is 18.2. The number of carbonyl (C=O) groups is 1. The predicted molar refractivity (Wildman–Crippen MR) is 109 cm³/mol. The number of alkyl halides is 3. The molecule has 0 saturated heterocycles. The second-order valence-corrected chi connectivity index (χ2v) is 7.85. The van der Waals surface area contributed by atoms with E-state index in [2.05, 4.69) is 10.1 Å². The summed E-state index contributed by atoms with van der Waals surface area (Å²) in [7, 11) is 1.71. The standard InChI is InChI=1S/C22H21F3N4O2/c1-29-20(26)17(11-28-29)19-7-6-15(10-27-19)13-4-2-12(18(9-13)22(23,24)25)3-5-14-8-16(14)21(30)31/h2,4,6-7,9-11,14,16H,3,5,8,26H2,1H3,(H,30,31). The predicted octanol–water partition coefficient (Wildman–Crippen LogP) is 4.40. The molecular formula is C22H21F3N4O2. The Morgan fingerprint density at radius 3 is 2.52 bits per heavy atom. The van der Waals surface area contributed by atoms with Crippen molar-refractivity contribution in [2.45, 2.75) is 25.4 Å². The van der Waals surface area contributed by atoms with E-state index in [-0.39, 0.29) is 17.9 Å². The van der Waals surface area contributed by atoms with Crippen LogP contribution in [0.25, 0.3) is 22.4 Å². The Kier molecular flexibility index (Phi) is 5.20. The molecule has 1 saturated carbocycles. The van der Waals surface area contributed by atoms with E-state index in [1.165, 1.54) is 16.9 Å². The van der Waals surface area contributed by atoms with Crippen LogP contribution in [0, 0.1) is 11.8 Å². The highest BCUT2D eigenvalue weighted by Crippen LogP contribution is 2.43. The molecule has 162 valence electrons. The number of nitrogens with two attached hydrogens (primary N) is 1. The molecule has 0 aliphatic heterocycles. The van der Waals surface area contributed by atoms with E-state index < -0.39 is 23.6 Å². The lowest BCUT2D eigenvalue weighted by molar-refractivity contribution is -0.139. The average Bonchev–Trinajstić information content (AvgIpc) is 3.44. The number of nitrogen functional groups attached to an aromatic ring is 1. The van der Waals surface area contributed by atoms with Gasteiger partial charge in [-0.05, 0) is 48.4 Å². The van der Waals surface area contributed by atoms with E-state index in [9.17, 15) is 18.0 Å². The van der Waals surface area contributed by atoms with Crippen LogP contribution in [0.3, 0.4) is 0 Å². The molecule has 0 spiro atoms. The van der Waals surface area contributed by atoms with Crippen molar-refractivity contribution in [3.05, 3.63) is 53.9 Å². The molecule has 1 fully saturated rings. The minimum absolute atomic E-state index is 0.0464. The highest BCUT2D eigenvalue weighted by Gasteiger charge is 2.43. The van der Waals surface area contributed by atoms with E-state index in [4.69, 9.17) is 10.8 Å². The fourth-order valence-electron chi connectivity index (χ4n) is 3.82. The van der Waals surface area contributed by atoms with E-state index in [1.54, 1.807) is 31.4 Å². The molecule has 1 aliphatic rings. The summed E-state index contributed by atoms with van der Waals surface area (Å²) in [5, 5.41) is 13.0. The van der Waals surface area contributed by atoms with Crippen molar-refractivity contribution in [1.82, 2.24) is 14.8 Å². The number of carboxylic acids is 1. The molecule has 0 bridgehead atoms. The maximum Gasteiger partial charge on any atom is 0.416 e. The summed E-state index contributed by atoms with van der Waals surface area (Å²) >= 11 is 0. The number of carboxylic acid groups (broad SMARTS) is 1. The van der Waals surface area contributed by atoms with Gasteiger partial charge in [-0.3, -0.25) is 14.5 Å². The Labute approximate surface area is 176 Å². The Morgan fingerprint density at radius 1 is 1.23 bits per heavy atom. The highest BCUT2D eigenvalue weighted by atomic mass is 19.4. The molecule has 2 aromatic heterocycles. The second-order valence-electron chi connectivity index (χ2n) is 7.85. The van der Waals surface area contributed by atoms with Crippen molar-refractivity contribution < 1.29 is 23.1 Å². The van der Waals surface area contributed by atoms with Gasteiger partial charge in [0, 0.05) is 18.8 Å². The zero-order valence-electron chi connectivity index (χ0n) is 16.7. The lowest BCUT2D eigenvalue weighted by atomic mass is 9.95. The molecule has 4 rings (SSSR count). The van der Waals surface area contributed by atoms with Crippen LogP contribution in [0.1, 0.15) is 24.0 Å². The van der Waals surface area contributed by atoms with Crippen LogP contribution in [-0.4, -0.2) is 25.8 Å². The zero-order valence-corrected chi connectivity index (χ0v) is 16.7. The fourth-order valence-corrected chi connectivity index (χ4v) is 3.82. The number of halogens is 3. The van der Waals surface area contributed by atoms with Crippen LogP contribution >= 0.6 is 0 Å². The Hall–Kier alpha value is -3.36. The molecule has 6 nitrogen and oxygen atoms in total. The van der Waals surface area contributed by atoms with Crippen LogP contribution in [0.4, 0.5) is 19.0 Å². The van der Waals surface area contributed by atoms with Gasteiger partial charge in [-0.15, -0.1) is 0 Å². The molecule has 2 atom stereocenters. The number of anilines is 1. The van der Waals surface area contributed by atoms with E-state index >= 15 is 0 Å².